The molecule has 28 heavy (non-hydrogen) atoms. The molecule has 0 unspecified atom stereocenters. The van der Waals surface area contributed by atoms with Gasteiger partial charge in [0, 0.05) is 18.3 Å². The highest BCUT2D eigenvalue weighted by Gasteiger charge is 2.08. The zero-order chi connectivity index (χ0) is 20.5. The minimum Gasteiger partial charge on any atom is -0.482 e. The Morgan fingerprint density at radius 2 is 1.46 bits per heavy atom. The lowest BCUT2D eigenvalue weighted by Crippen LogP contribution is -2.37. The second kappa shape index (κ2) is 10.5. The number of hydrogen-bond donors (Lipinski definition) is 4. The number of anilines is 2. The molecule has 4 N–H and O–H groups in total. The van der Waals surface area contributed by atoms with E-state index in [0.29, 0.717) is 22.1 Å². The summed E-state index contributed by atoms with van der Waals surface area (Å²) in [5.74, 6) is -0.259. The molecule has 0 heterocycles. The number of hydrogen-bond acceptors (Lipinski definition) is 5. The van der Waals surface area contributed by atoms with E-state index in [1.807, 2.05) is 0 Å². The minimum atomic E-state index is -0.420. The number of carbonyl (C=O) groups is 2. The Bertz CT molecular complexity index is 891. The summed E-state index contributed by atoms with van der Waals surface area (Å²) in [5.41, 5.74) is 1.35. The third-order valence-electron chi connectivity index (χ3n) is 3.14. The van der Waals surface area contributed by atoms with Gasteiger partial charge in [0.1, 0.15) is 5.75 Å². The van der Waals surface area contributed by atoms with Crippen molar-refractivity contribution in [1.82, 2.24) is 10.6 Å². The predicted molar refractivity (Wildman–Crippen MR) is 118 cm³/mol. The molecule has 2 rings (SSSR count). The fourth-order valence-electron chi connectivity index (χ4n) is 1.99. The minimum absolute atomic E-state index is 0.127. The third kappa shape index (κ3) is 7.47. The van der Waals surface area contributed by atoms with E-state index in [2.05, 4.69) is 21.3 Å². The van der Waals surface area contributed by atoms with Gasteiger partial charge >= 0.3 is 0 Å². The molecule has 0 aliphatic heterocycles. The Morgan fingerprint density at radius 1 is 0.929 bits per heavy atom. The van der Waals surface area contributed by atoms with E-state index >= 15 is 0 Å². The van der Waals surface area contributed by atoms with Gasteiger partial charge in [0.2, 0.25) is 5.91 Å². The van der Waals surface area contributed by atoms with Crippen LogP contribution in [-0.2, 0) is 9.59 Å². The van der Waals surface area contributed by atoms with Gasteiger partial charge in [0.25, 0.3) is 5.91 Å². The van der Waals surface area contributed by atoms with Crippen LogP contribution in [0.3, 0.4) is 0 Å². The molecule has 0 aromatic heterocycles. The smallest absolute Gasteiger partial charge is 0.264 e. The van der Waals surface area contributed by atoms with Crippen molar-refractivity contribution in [2.75, 3.05) is 17.2 Å². The van der Waals surface area contributed by atoms with Gasteiger partial charge in [-0.3, -0.25) is 14.9 Å². The van der Waals surface area contributed by atoms with Gasteiger partial charge in [0.05, 0.1) is 5.02 Å². The van der Waals surface area contributed by atoms with Crippen molar-refractivity contribution in [1.29, 1.82) is 0 Å². The SMILES string of the molecule is CC(=O)NC(=S)Nc1ccc(NC(=S)NC(=O)COc2ccccc2Cl)cc1. The summed E-state index contributed by atoms with van der Waals surface area (Å²) in [6, 6.07) is 13.8. The molecule has 0 fully saturated rings. The van der Waals surface area contributed by atoms with Gasteiger partial charge in [0.15, 0.2) is 16.8 Å². The first-order chi connectivity index (χ1) is 13.3. The number of nitrogens with one attached hydrogen (secondary N) is 4. The topological polar surface area (TPSA) is 91.5 Å². The van der Waals surface area contributed by atoms with Crippen LogP contribution >= 0.6 is 36.0 Å². The van der Waals surface area contributed by atoms with Crippen LogP contribution in [-0.4, -0.2) is 28.6 Å². The molecule has 2 aromatic carbocycles. The summed E-state index contributed by atoms with van der Waals surface area (Å²) in [5, 5.41) is 11.5. The number of para-hydroxylation sites is 1. The van der Waals surface area contributed by atoms with E-state index in [0.717, 1.165) is 0 Å². The van der Waals surface area contributed by atoms with Crippen LogP contribution in [0.15, 0.2) is 48.5 Å². The van der Waals surface area contributed by atoms with Crippen LogP contribution in [0.25, 0.3) is 0 Å². The molecule has 0 saturated heterocycles. The van der Waals surface area contributed by atoms with Crippen LogP contribution in [0.2, 0.25) is 5.02 Å². The summed E-state index contributed by atoms with van der Waals surface area (Å²) in [7, 11) is 0. The summed E-state index contributed by atoms with van der Waals surface area (Å²) in [6.45, 7) is 1.14. The van der Waals surface area contributed by atoms with Crippen LogP contribution in [0.4, 0.5) is 11.4 Å². The van der Waals surface area contributed by atoms with E-state index in [9.17, 15) is 9.59 Å². The van der Waals surface area contributed by atoms with Crippen molar-refractivity contribution in [3.05, 3.63) is 53.6 Å². The molecule has 10 heteroatoms. The second-order valence-electron chi connectivity index (χ2n) is 5.43. The highest BCUT2D eigenvalue weighted by Crippen LogP contribution is 2.22. The van der Waals surface area contributed by atoms with Gasteiger partial charge in [-0.1, -0.05) is 23.7 Å². The third-order valence-corrected chi connectivity index (χ3v) is 3.86. The summed E-state index contributed by atoms with van der Waals surface area (Å²) >= 11 is 16.1. The highest BCUT2D eigenvalue weighted by atomic mass is 35.5. The van der Waals surface area contributed by atoms with Crippen LogP contribution in [0, 0.1) is 0 Å². The Morgan fingerprint density at radius 3 is 2.00 bits per heavy atom. The fraction of sp³-hybridized carbons (Fsp3) is 0.111. The van der Waals surface area contributed by atoms with E-state index in [4.69, 9.17) is 40.8 Å². The van der Waals surface area contributed by atoms with Gasteiger partial charge in [-0.15, -0.1) is 0 Å². The highest BCUT2D eigenvalue weighted by molar-refractivity contribution is 7.80. The zero-order valence-corrected chi connectivity index (χ0v) is 17.1. The molecule has 0 atom stereocenters. The molecular formula is C18H17ClN4O3S2. The standard InChI is InChI=1S/C18H17ClN4O3S2/c1-11(24)20-17(27)21-12-6-8-13(9-7-12)22-18(28)23-16(25)10-26-15-5-3-2-4-14(15)19/h2-9H,10H2,1H3,(H2,20,21,24,27)(H2,22,23,25,28). The zero-order valence-electron chi connectivity index (χ0n) is 14.7. The maximum absolute atomic E-state index is 11.9. The summed E-state index contributed by atoms with van der Waals surface area (Å²) in [4.78, 5) is 22.9. The number of halogens is 1. The van der Waals surface area contributed by atoms with Crippen molar-refractivity contribution >= 4 is 69.5 Å². The van der Waals surface area contributed by atoms with E-state index in [-0.39, 0.29) is 22.7 Å². The van der Waals surface area contributed by atoms with Gasteiger partial charge in [-0.25, -0.2) is 0 Å². The normalized spacial score (nSPS) is 9.79. The quantitative estimate of drug-likeness (QED) is 0.535. The number of amides is 2. The first kappa shape index (κ1) is 21.5. The maximum Gasteiger partial charge on any atom is 0.264 e. The lowest BCUT2D eigenvalue weighted by molar-refractivity contribution is -0.121. The Kier molecular flexibility index (Phi) is 8.12. The molecule has 0 spiro atoms. The van der Waals surface area contributed by atoms with E-state index in [1.165, 1.54) is 6.92 Å². The lowest BCUT2D eigenvalue weighted by Gasteiger charge is -2.12. The molecule has 0 aliphatic carbocycles. The van der Waals surface area contributed by atoms with Crippen LogP contribution < -0.4 is 26.0 Å². The van der Waals surface area contributed by atoms with Gasteiger partial charge in [-0.2, -0.15) is 0 Å². The molecule has 7 nitrogen and oxygen atoms in total. The molecule has 0 bridgehead atoms. The number of rotatable bonds is 5. The Labute approximate surface area is 177 Å². The largest absolute Gasteiger partial charge is 0.482 e. The number of ether oxygens (including phenoxy) is 1. The molecular weight excluding hydrogens is 420 g/mol. The fourth-order valence-corrected chi connectivity index (χ4v) is 2.67. The summed E-state index contributed by atoms with van der Waals surface area (Å²) in [6.07, 6.45) is 0. The molecule has 0 aliphatic rings. The Hall–Kier alpha value is -2.75. The van der Waals surface area contributed by atoms with Crippen molar-refractivity contribution < 1.29 is 14.3 Å². The lowest BCUT2D eigenvalue weighted by atomic mass is 10.3. The first-order valence-corrected chi connectivity index (χ1v) is 9.20. The molecule has 0 radical (unpaired) electrons. The Balaban J connectivity index is 1.79. The van der Waals surface area contributed by atoms with Crippen molar-refractivity contribution in [2.45, 2.75) is 6.92 Å². The average Bonchev–Trinajstić information content (AvgIpc) is 2.62. The van der Waals surface area contributed by atoms with Crippen LogP contribution in [0.5, 0.6) is 5.75 Å². The average molecular weight is 437 g/mol. The number of thiocarbonyl (C=S) groups is 2. The van der Waals surface area contributed by atoms with Crippen molar-refractivity contribution in [2.24, 2.45) is 0 Å². The van der Waals surface area contributed by atoms with Crippen molar-refractivity contribution in [3.63, 3.8) is 0 Å². The molecule has 0 saturated carbocycles. The summed E-state index contributed by atoms with van der Waals surface area (Å²) < 4.78 is 5.35. The monoisotopic (exact) mass is 436 g/mol. The van der Waals surface area contributed by atoms with Crippen LogP contribution in [0.1, 0.15) is 6.92 Å². The van der Waals surface area contributed by atoms with Gasteiger partial charge in [-0.05, 0) is 60.8 Å². The first-order valence-electron chi connectivity index (χ1n) is 8.00. The number of benzene rings is 2. The predicted octanol–water partition coefficient (Wildman–Crippen LogP) is 3.06. The van der Waals surface area contributed by atoms with Crippen molar-refractivity contribution in [3.8, 4) is 5.75 Å². The van der Waals surface area contributed by atoms with E-state index < -0.39 is 5.91 Å². The second-order valence-corrected chi connectivity index (χ2v) is 6.66. The molecule has 146 valence electrons. The maximum atomic E-state index is 11.9. The van der Waals surface area contributed by atoms with E-state index in [1.54, 1.807) is 48.5 Å². The van der Waals surface area contributed by atoms with Gasteiger partial charge < -0.3 is 20.7 Å². The number of carbonyl (C=O) groups excluding carboxylic acids is 2. The molecule has 2 amide bonds. The molecule has 2 aromatic rings.